The Morgan fingerprint density at radius 3 is 2.50 bits per heavy atom. The SMILES string of the molecule is Cc1cc(Oc2ccccc2C(C)C)c(C#N)c(C)n1. The van der Waals surface area contributed by atoms with Crippen molar-refractivity contribution < 1.29 is 4.74 Å². The van der Waals surface area contributed by atoms with Crippen LogP contribution < -0.4 is 4.74 Å². The van der Waals surface area contributed by atoms with Crippen molar-refractivity contribution in [2.24, 2.45) is 0 Å². The average molecular weight is 266 g/mol. The molecule has 1 aromatic heterocycles. The van der Waals surface area contributed by atoms with E-state index in [1.165, 1.54) is 0 Å². The van der Waals surface area contributed by atoms with E-state index in [1.807, 2.05) is 44.2 Å². The summed E-state index contributed by atoms with van der Waals surface area (Å²) in [6, 6.07) is 11.9. The maximum atomic E-state index is 9.28. The van der Waals surface area contributed by atoms with Crippen LogP contribution in [0, 0.1) is 25.2 Å². The largest absolute Gasteiger partial charge is 0.456 e. The standard InChI is InChI=1S/C17H18N2O/c1-11(2)14-7-5-6-8-16(14)20-17-9-12(3)19-13(4)15(17)10-18/h5-9,11H,1-4H3. The third-order valence-corrected chi connectivity index (χ3v) is 3.16. The average Bonchev–Trinajstić information content (AvgIpc) is 2.38. The molecule has 1 heterocycles. The van der Waals surface area contributed by atoms with Gasteiger partial charge in [-0.25, -0.2) is 0 Å². The summed E-state index contributed by atoms with van der Waals surface area (Å²) in [5.41, 5.74) is 3.17. The number of ether oxygens (including phenoxy) is 1. The lowest BCUT2D eigenvalue weighted by atomic mass is 10.0. The van der Waals surface area contributed by atoms with E-state index < -0.39 is 0 Å². The second kappa shape index (κ2) is 5.75. The number of rotatable bonds is 3. The highest BCUT2D eigenvalue weighted by Gasteiger charge is 2.13. The lowest BCUT2D eigenvalue weighted by molar-refractivity contribution is 0.469. The molecule has 0 fully saturated rings. The van der Waals surface area contributed by atoms with E-state index in [0.29, 0.717) is 22.9 Å². The van der Waals surface area contributed by atoms with Gasteiger partial charge in [0, 0.05) is 11.8 Å². The number of nitrogens with zero attached hydrogens (tertiary/aromatic N) is 2. The molecule has 102 valence electrons. The number of benzene rings is 1. The molecule has 1 aromatic carbocycles. The van der Waals surface area contributed by atoms with Crippen molar-refractivity contribution in [3.05, 3.63) is 52.8 Å². The maximum absolute atomic E-state index is 9.28. The summed E-state index contributed by atoms with van der Waals surface area (Å²) in [6.07, 6.45) is 0. The van der Waals surface area contributed by atoms with Gasteiger partial charge in [0.05, 0.1) is 5.69 Å². The van der Waals surface area contributed by atoms with E-state index in [4.69, 9.17) is 4.74 Å². The summed E-state index contributed by atoms with van der Waals surface area (Å²) >= 11 is 0. The fourth-order valence-corrected chi connectivity index (χ4v) is 2.18. The van der Waals surface area contributed by atoms with E-state index in [2.05, 4.69) is 24.9 Å². The maximum Gasteiger partial charge on any atom is 0.148 e. The van der Waals surface area contributed by atoms with Gasteiger partial charge < -0.3 is 4.74 Å². The molecule has 3 nitrogen and oxygen atoms in total. The molecule has 0 radical (unpaired) electrons. The topological polar surface area (TPSA) is 45.9 Å². The third kappa shape index (κ3) is 2.80. The van der Waals surface area contributed by atoms with Crippen LogP contribution in [0.1, 0.15) is 42.3 Å². The van der Waals surface area contributed by atoms with Crippen LogP contribution in [0.5, 0.6) is 11.5 Å². The Balaban J connectivity index is 2.48. The Morgan fingerprint density at radius 1 is 1.15 bits per heavy atom. The van der Waals surface area contributed by atoms with Crippen LogP contribution in [-0.4, -0.2) is 4.98 Å². The molecule has 3 heteroatoms. The lowest BCUT2D eigenvalue weighted by Crippen LogP contribution is -1.99. The molecule has 0 aliphatic carbocycles. The van der Waals surface area contributed by atoms with E-state index >= 15 is 0 Å². The van der Waals surface area contributed by atoms with Crippen LogP contribution in [0.4, 0.5) is 0 Å². The van der Waals surface area contributed by atoms with Crippen LogP contribution in [0.3, 0.4) is 0 Å². The van der Waals surface area contributed by atoms with E-state index in [9.17, 15) is 5.26 Å². The molecular formula is C17H18N2O. The summed E-state index contributed by atoms with van der Waals surface area (Å²) < 4.78 is 5.99. The Kier molecular flexibility index (Phi) is 4.05. The summed E-state index contributed by atoms with van der Waals surface area (Å²) in [6.45, 7) is 7.97. The van der Waals surface area contributed by atoms with E-state index in [0.717, 1.165) is 17.0 Å². The second-order valence-corrected chi connectivity index (χ2v) is 5.13. The number of aromatic nitrogens is 1. The molecule has 20 heavy (non-hydrogen) atoms. The second-order valence-electron chi connectivity index (χ2n) is 5.13. The fourth-order valence-electron chi connectivity index (χ4n) is 2.18. The van der Waals surface area contributed by atoms with Crippen molar-refractivity contribution in [3.63, 3.8) is 0 Å². The zero-order chi connectivity index (χ0) is 14.7. The first-order valence-corrected chi connectivity index (χ1v) is 6.68. The van der Waals surface area contributed by atoms with Gasteiger partial charge in [-0.05, 0) is 31.4 Å². The van der Waals surface area contributed by atoms with E-state index in [-0.39, 0.29) is 0 Å². The Labute approximate surface area is 119 Å². The monoisotopic (exact) mass is 266 g/mol. The highest BCUT2D eigenvalue weighted by Crippen LogP contribution is 2.32. The summed E-state index contributed by atoms with van der Waals surface area (Å²) in [4.78, 5) is 4.30. The van der Waals surface area contributed by atoms with E-state index in [1.54, 1.807) is 0 Å². The number of pyridine rings is 1. The first kappa shape index (κ1) is 14.1. The molecule has 0 N–H and O–H groups in total. The summed E-state index contributed by atoms with van der Waals surface area (Å²) in [5, 5.41) is 9.28. The van der Waals surface area contributed by atoms with Crippen molar-refractivity contribution in [2.75, 3.05) is 0 Å². The summed E-state index contributed by atoms with van der Waals surface area (Å²) in [7, 11) is 0. The van der Waals surface area contributed by atoms with Crippen LogP contribution >= 0.6 is 0 Å². The van der Waals surface area contributed by atoms with Crippen molar-refractivity contribution in [2.45, 2.75) is 33.6 Å². The minimum Gasteiger partial charge on any atom is -0.456 e. The Morgan fingerprint density at radius 2 is 1.85 bits per heavy atom. The molecular weight excluding hydrogens is 248 g/mol. The molecule has 0 unspecified atom stereocenters. The summed E-state index contributed by atoms with van der Waals surface area (Å²) in [5.74, 6) is 1.73. The van der Waals surface area contributed by atoms with Crippen molar-refractivity contribution in [3.8, 4) is 17.6 Å². The minimum absolute atomic E-state index is 0.362. The van der Waals surface area contributed by atoms with Crippen LogP contribution in [0.25, 0.3) is 0 Å². The zero-order valence-corrected chi connectivity index (χ0v) is 12.3. The van der Waals surface area contributed by atoms with Gasteiger partial charge in [-0.1, -0.05) is 32.0 Å². The smallest absolute Gasteiger partial charge is 0.148 e. The molecule has 2 aromatic rings. The van der Waals surface area contributed by atoms with Gasteiger partial charge in [0.15, 0.2) is 0 Å². The normalized spacial score (nSPS) is 10.4. The Bertz CT molecular complexity index is 669. The van der Waals surface area contributed by atoms with Gasteiger partial charge in [-0.2, -0.15) is 5.26 Å². The van der Waals surface area contributed by atoms with Crippen molar-refractivity contribution in [1.82, 2.24) is 4.98 Å². The Hall–Kier alpha value is -2.34. The van der Waals surface area contributed by atoms with Crippen LogP contribution in [-0.2, 0) is 0 Å². The van der Waals surface area contributed by atoms with Crippen LogP contribution in [0.15, 0.2) is 30.3 Å². The number of para-hydroxylation sites is 1. The minimum atomic E-state index is 0.362. The first-order chi connectivity index (χ1) is 9.52. The molecule has 0 saturated heterocycles. The number of hydrogen-bond donors (Lipinski definition) is 0. The van der Waals surface area contributed by atoms with Gasteiger partial charge in [0.2, 0.25) is 0 Å². The molecule has 2 rings (SSSR count). The molecule has 0 bridgehead atoms. The molecule has 0 aliphatic rings. The van der Waals surface area contributed by atoms with Gasteiger partial charge in [0.1, 0.15) is 23.1 Å². The number of hydrogen-bond acceptors (Lipinski definition) is 3. The predicted molar refractivity (Wildman–Crippen MR) is 79.0 cm³/mol. The molecule has 0 atom stereocenters. The molecule has 0 saturated carbocycles. The van der Waals surface area contributed by atoms with Gasteiger partial charge in [-0.3, -0.25) is 4.98 Å². The highest BCUT2D eigenvalue weighted by molar-refractivity contribution is 5.49. The highest BCUT2D eigenvalue weighted by atomic mass is 16.5. The van der Waals surface area contributed by atoms with Crippen molar-refractivity contribution >= 4 is 0 Å². The first-order valence-electron chi connectivity index (χ1n) is 6.68. The lowest BCUT2D eigenvalue weighted by Gasteiger charge is -2.15. The molecule has 0 spiro atoms. The molecule has 0 amide bonds. The number of aryl methyl sites for hydroxylation is 2. The number of nitriles is 1. The third-order valence-electron chi connectivity index (χ3n) is 3.16. The fraction of sp³-hybridized carbons (Fsp3) is 0.294. The zero-order valence-electron chi connectivity index (χ0n) is 12.3. The van der Waals surface area contributed by atoms with Crippen LogP contribution in [0.2, 0.25) is 0 Å². The van der Waals surface area contributed by atoms with Crippen molar-refractivity contribution in [1.29, 1.82) is 5.26 Å². The van der Waals surface area contributed by atoms with Gasteiger partial charge >= 0.3 is 0 Å². The van der Waals surface area contributed by atoms with Gasteiger partial charge in [-0.15, -0.1) is 0 Å². The van der Waals surface area contributed by atoms with Gasteiger partial charge in [0.25, 0.3) is 0 Å². The molecule has 0 aliphatic heterocycles. The predicted octanol–water partition coefficient (Wildman–Crippen LogP) is 4.49. The quantitative estimate of drug-likeness (QED) is 0.822.